The zero-order valence-corrected chi connectivity index (χ0v) is 17.5. The van der Waals surface area contributed by atoms with Gasteiger partial charge in [0.15, 0.2) is 6.61 Å². The highest BCUT2D eigenvalue weighted by molar-refractivity contribution is 5.90. The molecule has 0 amide bonds. The number of carbonyl (C=O) groups excluding carboxylic acids is 2. The minimum atomic E-state index is -0.565. The standard InChI is InChI=1S/C25H24O6/c1-18-8-6-9-19(2)24(18)30-17-23(26)31-22-13-7-10-20(16-22)25(27)29-15-14-28-21-11-4-3-5-12-21/h3-13,16H,14-15,17H2,1-2H3. The fraction of sp³-hybridized carbons (Fsp3) is 0.200. The van der Waals surface area contributed by atoms with Gasteiger partial charge in [-0.15, -0.1) is 0 Å². The van der Waals surface area contributed by atoms with Crippen LogP contribution in [-0.4, -0.2) is 31.8 Å². The Morgan fingerprint density at radius 3 is 2.16 bits per heavy atom. The van der Waals surface area contributed by atoms with Gasteiger partial charge in [0.2, 0.25) is 0 Å². The van der Waals surface area contributed by atoms with E-state index in [2.05, 4.69) is 0 Å². The Bertz CT molecular complexity index is 1010. The van der Waals surface area contributed by atoms with E-state index in [9.17, 15) is 9.59 Å². The van der Waals surface area contributed by atoms with Gasteiger partial charge in [-0.1, -0.05) is 42.5 Å². The Labute approximate surface area is 181 Å². The minimum Gasteiger partial charge on any atom is -0.490 e. The third-order valence-corrected chi connectivity index (χ3v) is 4.37. The first kappa shape index (κ1) is 21.9. The number of benzene rings is 3. The van der Waals surface area contributed by atoms with Gasteiger partial charge in [-0.25, -0.2) is 9.59 Å². The molecule has 0 radical (unpaired) electrons. The van der Waals surface area contributed by atoms with Crippen molar-refractivity contribution < 1.29 is 28.5 Å². The maximum Gasteiger partial charge on any atom is 0.349 e. The van der Waals surface area contributed by atoms with Gasteiger partial charge in [-0.3, -0.25) is 0 Å². The predicted molar refractivity (Wildman–Crippen MR) is 116 cm³/mol. The maximum atomic E-state index is 12.2. The molecule has 160 valence electrons. The van der Waals surface area contributed by atoms with E-state index in [1.165, 1.54) is 6.07 Å². The molecule has 0 unspecified atom stereocenters. The molecule has 0 aliphatic carbocycles. The fourth-order valence-corrected chi connectivity index (χ4v) is 2.90. The highest BCUT2D eigenvalue weighted by atomic mass is 16.6. The van der Waals surface area contributed by atoms with Crippen molar-refractivity contribution in [2.75, 3.05) is 19.8 Å². The Morgan fingerprint density at radius 1 is 0.742 bits per heavy atom. The number of hydrogen-bond donors (Lipinski definition) is 0. The fourth-order valence-electron chi connectivity index (χ4n) is 2.90. The predicted octanol–water partition coefficient (Wildman–Crippen LogP) is 4.52. The second-order valence-corrected chi connectivity index (χ2v) is 6.81. The number of aryl methyl sites for hydroxylation is 2. The molecule has 6 nitrogen and oxygen atoms in total. The van der Waals surface area contributed by atoms with Gasteiger partial charge in [0.1, 0.15) is 30.5 Å². The smallest absolute Gasteiger partial charge is 0.349 e. The molecule has 0 saturated carbocycles. The van der Waals surface area contributed by atoms with Crippen molar-refractivity contribution in [1.29, 1.82) is 0 Å². The van der Waals surface area contributed by atoms with E-state index < -0.39 is 11.9 Å². The number of hydrogen-bond acceptors (Lipinski definition) is 6. The first-order chi connectivity index (χ1) is 15.0. The van der Waals surface area contributed by atoms with Gasteiger partial charge >= 0.3 is 11.9 Å². The van der Waals surface area contributed by atoms with E-state index in [0.717, 1.165) is 11.1 Å². The Balaban J connectivity index is 1.47. The number of para-hydroxylation sites is 2. The van der Waals surface area contributed by atoms with Gasteiger partial charge in [0.05, 0.1) is 5.56 Å². The molecule has 3 rings (SSSR count). The molecule has 0 atom stereocenters. The van der Waals surface area contributed by atoms with Crippen LogP contribution in [0.4, 0.5) is 0 Å². The van der Waals surface area contributed by atoms with Crippen LogP contribution in [-0.2, 0) is 9.53 Å². The zero-order chi connectivity index (χ0) is 22.1. The van der Waals surface area contributed by atoms with Crippen LogP contribution in [0.1, 0.15) is 21.5 Å². The van der Waals surface area contributed by atoms with Crippen molar-refractivity contribution in [1.82, 2.24) is 0 Å². The second-order valence-electron chi connectivity index (χ2n) is 6.81. The van der Waals surface area contributed by atoms with E-state index in [0.29, 0.717) is 11.5 Å². The quantitative estimate of drug-likeness (QED) is 0.288. The molecule has 0 saturated heterocycles. The molecule has 3 aromatic rings. The number of esters is 2. The van der Waals surface area contributed by atoms with E-state index in [-0.39, 0.29) is 31.1 Å². The average Bonchev–Trinajstić information content (AvgIpc) is 2.77. The summed E-state index contributed by atoms with van der Waals surface area (Å²) in [5.74, 6) is 0.515. The molecule has 31 heavy (non-hydrogen) atoms. The van der Waals surface area contributed by atoms with Crippen LogP contribution in [0.15, 0.2) is 72.8 Å². The summed E-state index contributed by atoms with van der Waals surface area (Å²) < 4.78 is 21.6. The summed E-state index contributed by atoms with van der Waals surface area (Å²) in [7, 11) is 0. The van der Waals surface area contributed by atoms with Crippen molar-refractivity contribution >= 4 is 11.9 Å². The molecule has 3 aromatic carbocycles. The lowest BCUT2D eigenvalue weighted by Gasteiger charge is -2.12. The summed E-state index contributed by atoms with van der Waals surface area (Å²) in [5, 5.41) is 0. The van der Waals surface area contributed by atoms with Gasteiger partial charge in [0, 0.05) is 0 Å². The molecular formula is C25H24O6. The molecule has 0 N–H and O–H groups in total. The van der Waals surface area contributed by atoms with Crippen molar-refractivity contribution in [2.24, 2.45) is 0 Å². The van der Waals surface area contributed by atoms with Crippen LogP contribution >= 0.6 is 0 Å². The summed E-state index contributed by atoms with van der Waals surface area (Å²) in [6, 6.07) is 21.3. The monoisotopic (exact) mass is 420 g/mol. The number of ether oxygens (including phenoxy) is 4. The Hall–Kier alpha value is -3.80. The maximum absolute atomic E-state index is 12.2. The van der Waals surface area contributed by atoms with Crippen LogP contribution < -0.4 is 14.2 Å². The van der Waals surface area contributed by atoms with Crippen LogP contribution in [0.5, 0.6) is 17.2 Å². The lowest BCUT2D eigenvalue weighted by Crippen LogP contribution is -2.18. The molecule has 6 heteroatoms. The highest BCUT2D eigenvalue weighted by Gasteiger charge is 2.12. The molecule has 0 aromatic heterocycles. The molecule has 0 aliphatic heterocycles. The highest BCUT2D eigenvalue weighted by Crippen LogP contribution is 2.22. The van der Waals surface area contributed by atoms with Crippen molar-refractivity contribution in [3.63, 3.8) is 0 Å². The van der Waals surface area contributed by atoms with Crippen LogP contribution in [0.2, 0.25) is 0 Å². The first-order valence-electron chi connectivity index (χ1n) is 9.87. The van der Waals surface area contributed by atoms with Crippen molar-refractivity contribution in [3.05, 3.63) is 89.5 Å². The SMILES string of the molecule is Cc1cccc(C)c1OCC(=O)Oc1cccc(C(=O)OCCOc2ccccc2)c1. The Kier molecular flexibility index (Phi) is 7.65. The summed E-state index contributed by atoms with van der Waals surface area (Å²) >= 11 is 0. The van der Waals surface area contributed by atoms with Crippen LogP contribution in [0.3, 0.4) is 0 Å². The van der Waals surface area contributed by atoms with E-state index in [4.69, 9.17) is 18.9 Å². The molecular weight excluding hydrogens is 396 g/mol. The summed E-state index contributed by atoms with van der Waals surface area (Å²) in [6.07, 6.45) is 0. The average molecular weight is 420 g/mol. The van der Waals surface area contributed by atoms with E-state index >= 15 is 0 Å². The van der Waals surface area contributed by atoms with Crippen LogP contribution in [0.25, 0.3) is 0 Å². The molecule has 0 heterocycles. The zero-order valence-electron chi connectivity index (χ0n) is 17.5. The topological polar surface area (TPSA) is 71.1 Å². The molecule has 0 spiro atoms. The van der Waals surface area contributed by atoms with Crippen LogP contribution in [0, 0.1) is 13.8 Å². The molecule has 0 fully saturated rings. The van der Waals surface area contributed by atoms with E-state index in [1.54, 1.807) is 18.2 Å². The normalized spacial score (nSPS) is 10.3. The Morgan fingerprint density at radius 2 is 1.42 bits per heavy atom. The lowest BCUT2D eigenvalue weighted by atomic mass is 10.1. The van der Waals surface area contributed by atoms with Gasteiger partial charge in [-0.05, 0) is 55.3 Å². The number of rotatable bonds is 9. The third kappa shape index (κ3) is 6.60. The lowest BCUT2D eigenvalue weighted by molar-refractivity contribution is -0.136. The first-order valence-corrected chi connectivity index (χ1v) is 9.87. The van der Waals surface area contributed by atoms with E-state index in [1.807, 2.05) is 62.4 Å². The van der Waals surface area contributed by atoms with Gasteiger partial charge in [-0.2, -0.15) is 0 Å². The van der Waals surface area contributed by atoms with Crippen molar-refractivity contribution in [2.45, 2.75) is 13.8 Å². The molecule has 0 bridgehead atoms. The third-order valence-electron chi connectivity index (χ3n) is 4.37. The second kappa shape index (κ2) is 10.8. The summed E-state index contributed by atoms with van der Waals surface area (Å²) in [4.78, 5) is 24.4. The molecule has 0 aliphatic rings. The summed E-state index contributed by atoms with van der Waals surface area (Å²) in [5.41, 5.74) is 2.16. The largest absolute Gasteiger partial charge is 0.490 e. The number of carbonyl (C=O) groups is 2. The van der Waals surface area contributed by atoms with Gasteiger partial charge < -0.3 is 18.9 Å². The van der Waals surface area contributed by atoms with Gasteiger partial charge in [0.25, 0.3) is 0 Å². The minimum absolute atomic E-state index is 0.0986. The summed E-state index contributed by atoms with van der Waals surface area (Å²) in [6.45, 7) is 3.92. The van der Waals surface area contributed by atoms with Crippen molar-refractivity contribution in [3.8, 4) is 17.2 Å².